The number of allylic oxidation sites excluding steroid dienone is 2. The maximum atomic E-state index is 9.87. The number of aliphatic hydroxyl groups excluding tert-OH is 1. The average Bonchev–Trinajstić information content (AvgIpc) is 2.60. The van der Waals surface area contributed by atoms with Gasteiger partial charge in [-0.25, -0.2) is 0 Å². The van der Waals surface area contributed by atoms with Crippen molar-refractivity contribution in [2.75, 3.05) is 0 Å². The predicted molar refractivity (Wildman–Crippen MR) is 87.3 cm³/mol. The number of aliphatic hydroxyl groups is 1. The number of hydrogen-bond donors (Lipinski definition) is 2. The van der Waals surface area contributed by atoms with E-state index >= 15 is 0 Å². The first-order valence-electron chi connectivity index (χ1n) is 7.35. The minimum Gasteiger partial charge on any atom is -0.512 e. The van der Waals surface area contributed by atoms with Crippen LogP contribution in [-0.2, 0) is 10.4 Å². The van der Waals surface area contributed by atoms with Crippen molar-refractivity contribution in [3.63, 3.8) is 0 Å². The molecule has 0 bridgehead atoms. The molecule has 2 aromatic rings. The second-order valence-electron chi connectivity index (χ2n) is 5.29. The molecule has 1 aliphatic rings. The summed E-state index contributed by atoms with van der Waals surface area (Å²) < 4.78 is 0. The van der Waals surface area contributed by atoms with Crippen molar-refractivity contribution in [2.24, 2.45) is 10.6 Å². The molecule has 6 nitrogen and oxygen atoms in total. The molecule has 24 heavy (non-hydrogen) atoms. The van der Waals surface area contributed by atoms with Crippen LogP contribution in [-0.4, -0.2) is 10.2 Å². The first-order chi connectivity index (χ1) is 11.7. The molecule has 0 saturated heterocycles. The summed E-state index contributed by atoms with van der Waals surface area (Å²) in [5, 5.41) is 26.4. The number of phenolic OH excluding ortho intramolecular Hbond substituents is 1. The molecule has 0 radical (unpaired) electrons. The van der Waals surface area contributed by atoms with E-state index in [1.165, 1.54) is 12.1 Å². The summed E-state index contributed by atoms with van der Waals surface area (Å²) in [5.74, 6) is 0.582. The number of hydrogen-bond acceptors (Lipinski definition) is 6. The van der Waals surface area contributed by atoms with Crippen LogP contribution in [0.5, 0.6) is 11.5 Å². The molecular weight excluding hydrogens is 308 g/mol. The molecule has 1 unspecified atom stereocenters. The minimum atomic E-state index is -0.953. The van der Waals surface area contributed by atoms with Gasteiger partial charge < -0.3 is 19.9 Å². The van der Waals surface area contributed by atoms with Gasteiger partial charge >= 0.3 is 0 Å². The molecule has 0 amide bonds. The van der Waals surface area contributed by atoms with Gasteiger partial charge in [-0.1, -0.05) is 42.5 Å². The Morgan fingerprint density at radius 2 is 1.79 bits per heavy atom. The molecule has 3 rings (SSSR count). The Balaban J connectivity index is 1.75. The zero-order valence-electron chi connectivity index (χ0n) is 12.7. The van der Waals surface area contributed by atoms with Crippen molar-refractivity contribution in [3.05, 3.63) is 84.1 Å². The van der Waals surface area contributed by atoms with E-state index in [2.05, 4.69) is 10.6 Å². The van der Waals surface area contributed by atoms with E-state index in [1.807, 2.05) is 30.3 Å². The molecule has 2 N–H and O–H groups in total. The van der Waals surface area contributed by atoms with Crippen LogP contribution >= 0.6 is 0 Å². The van der Waals surface area contributed by atoms with Gasteiger partial charge in [-0.3, -0.25) is 0 Å². The Hall–Kier alpha value is -3.28. The fourth-order valence-electron chi connectivity index (χ4n) is 2.43. The molecule has 0 fully saturated rings. The number of benzene rings is 2. The summed E-state index contributed by atoms with van der Waals surface area (Å²) in [4.78, 5) is 10.6. The summed E-state index contributed by atoms with van der Waals surface area (Å²) in [6, 6.07) is 15.6. The highest BCUT2D eigenvalue weighted by atomic mass is 16.7. The van der Waals surface area contributed by atoms with Gasteiger partial charge in [0.25, 0.3) is 0 Å². The van der Waals surface area contributed by atoms with Crippen LogP contribution in [0.4, 0.5) is 0 Å². The smallest absolute Gasteiger partial charge is 0.190 e. The lowest BCUT2D eigenvalue weighted by molar-refractivity contribution is -0.0424. The van der Waals surface area contributed by atoms with Crippen molar-refractivity contribution < 1.29 is 19.9 Å². The largest absolute Gasteiger partial charge is 0.512 e. The van der Waals surface area contributed by atoms with E-state index in [1.54, 1.807) is 30.4 Å². The van der Waals surface area contributed by atoms with E-state index in [0.717, 1.165) is 5.56 Å². The average molecular weight is 324 g/mol. The lowest BCUT2D eigenvalue weighted by Gasteiger charge is -2.29. The van der Waals surface area contributed by atoms with Crippen molar-refractivity contribution in [1.29, 1.82) is 0 Å². The van der Waals surface area contributed by atoms with Crippen LogP contribution in [0.2, 0.25) is 0 Å². The highest BCUT2D eigenvalue weighted by Gasteiger charge is 2.35. The lowest BCUT2D eigenvalue weighted by atomic mass is 9.86. The van der Waals surface area contributed by atoms with Crippen molar-refractivity contribution in [2.45, 2.75) is 12.0 Å². The van der Waals surface area contributed by atoms with Crippen molar-refractivity contribution in [1.82, 2.24) is 0 Å². The van der Waals surface area contributed by atoms with Crippen LogP contribution in [0.25, 0.3) is 0 Å². The fourth-order valence-corrected chi connectivity index (χ4v) is 2.43. The van der Waals surface area contributed by atoms with Gasteiger partial charge in [0.05, 0.1) is 22.7 Å². The topological polar surface area (TPSA) is 83.6 Å². The van der Waals surface area contributed by atoms with Crippen LogP contribution in [0, 0.1) is 0 Å². The molecule has 2 aromatic carbocycles. The van der Waals surface area contributed by atoms with Crippen LogP contribution < -0.4 is 4.84 Å². The Bertz CT molecular complexity index is 787. The number of phenols is 1. The third kappa shape index (κ3) is 3.55. The van der Waals surface area contributed by atoms with Gasteiger partial charge in [-0.15, -0.1) is 0 Å². The third-order valence-electron chi connectivity index (χ3n) is 3.56. The predicted octanol–water partition coefficient (Wildman–Crippen LogP) is 4.37. The Kier molecular flexibility index (Phi) is 4.47. The minimum absolute atomic E-state index is 0.0645. The molecule has 1 aliphatic carbocycles. The molecular formula is C18H16N2O4. The Morgan fingerprint density at radius 1 is 0.958 bits per heavy atom. The zero-order chi connectivity index (χ0) is 16.8. The molecule has 0 heterocycles. The summed E-state index contributed by atoms with van der Waals surface area (Å²) in [7, 11) is 0. The van der Waals surface area contributed by atoms with E-state index in [0.29, 0.717) is 5.75 Å². The molecule has 122 valence electrons. The first kappa shape index (κ1) is 15.6. The van der Waals surface area contributed by atoms with Gasteiger partial charge in [0.2, 0.25) is 0 Å². The van der Waals surface area contributed by atoms with Gasteiger partial charge in [0, 0.05) is 11.6 Å². The van der Waals surface area contributed by atoms with Gasteiger partial charge in [-0.2, -0.15) is 0 Å². The molecule has 6 heteroatoms. The van der Waals surface area contributed by atoms with Crippen molar-refractivity contribution in [3.8, 4) is 11.5 Å². The van der Waals surface area contributed by atoms with Crippen molar-refractivity contribution >= 4 is 0 Å². The summed E-state index contributed by atoms with van der Waals surface area (Å²) in [5.41, 5.74) is -0.122. The number of rotatable bonds is 5. The molecule has 0 aliphatic heterocycles. The van der Waals surface area contributed by atoms with Crippen LogP contribution in [0.15, 0.2) is 89.1 Å². The Morgan fingerprint density at radius 3 is 2.54 bits per heavy atom. The maximum Gasteiger partial charge on any atom is 0.190 e. The third-order valence-corrected chi connectivity index (χ3v) is 3.56. The monoisotopic (exact) mass is 324 g/mol. The van der Waals surface area contributed by atoms with Crippen LogP contribution in [0.1, 0.15) is 12.0 Å². The highest BCUT2D eigenvalue weighted by Crippen LogP contribution is 2.36. The van der Waals surface area contributed by atoms with E-state index in [9.17, 15) is 10.2 Å². The first-order valence-corrected chi connectivity index (χ1v) is 7.35. The summed E-state index contributed by atoms with van der Waals surface area (Å²) in [6.07, 6.45) is 5.34. The van der Waals surface area contributed by atoms with Gasteiger partial charge in [0.15, 0.2) is 11.4 Å². The van der Waals surface area contributed by atoms with Gasteiger partial charge in [-0.05, 0) is 24.3 Å². The molecule has 0 saturated carbocycles. The quantitative estimate of drug-likeness (QED) is 0.632. The lowest BCUT2D eigenvalue weighted by Crippen LogP contribution is -2.27. The fraction of sp³-hybridized carbons (Fsp3) is 0.111. The highest BCUT2D eigenvalue weighted by molar-refractivity contribution is 5.34. The summed E-state index contributed by atoms with van der Waals surface area (Å²) >= 11 is 0. The Labute approximate surface area is 138 Å². The second-order valence-corrected chi connectivity index (χ2v) is 5.29. The standard InChI is InChI=1S/C18H16N2O4/c21-15-8-4-10-17(12-15)23-19-20-24-18(11-5-9-16(22)13-18)14-6-2-1-3-7-14/h1-12,21-22H,13H2. The van der Waals surface area contributed by atoms with E-state index in [4.69, 9.17) is 9.68 Å². The second kappa shape index (κ2) is 6.87. The molecule has 1 atom stereocenters. The SMILES string of the molecule is OC1=CC=CC(ON=NOc2cccc(O)c2)(c2ccccc2)C1. The van der Waals surface area contributed by atoms with E-state index in [-0.39, 0.29) is 17.9 Å². The number of aromatic hydroxyl groups is 1. The van der Waals surface area contributed by atoms with Gasteiger partial charge in [0.1, 0.15) is 5.75 Å². The normalized spacial score (nSPS) is 19.9. The van der Waals surface area contributed by atoms with E-state index < -0.39 is 5.60 Å². The van der Waals surface area contributed by atoms with Crippen LogP contribution in [0.3, 0.4) is 0 Å². The molecule has 0 spiro atoms. The zero-order valence-corrected chi connectivity index (χ0v) is 12.7. The number of nitrogens with zero attached hydrogens (tertiary/aromatic N) is 2. The maximum absolute atomic E-state index is 9.87. The summed E-state index contributed by atoms with van der Waals surface area (Å²) in [6.45, 7) is 0. The molecule has 0 aromatic heterocycles.